The Balaban J connectivity index is 2.88. The SMILES string of the molecule is Oc1cnc2cccc(Br)c2c1. The van der Waals surface area contributed by atoms with E-state index in [0.29, 0.717) is 0 Å². The van der Waals surface area contributed by atoms with Crippen molar-refractivity contribution in [3.63, 3.8) is 0 Å². The number of benzene rings is 1. The first-order valence-corrected chi connectivity index (χ1v) is 4.30. The van der Waals surface area contributed by atoms with E-state index in [2.05, 4.69) is 20.9 Å². The van der Waals surface area contributed by atoms with Crippen LogP contribution < -0.4 is 0 Å². The summed E-state index contributed by atoms with van der Waals surface area (Å²) in [5.74, 6) is 0.189. The summed E-state index contributed by atoms with van der Waals surface area (Å²) in [5.41, 5.74) is 0.877. The van der Waals surface area contributed by atoms with E-state index >= 15 is 0 Å². The van der Waals surface area contributed by atoms with Gasteiger partial charge in [0.1, 0.15) is 5.75 Å². The zero-order chi connectivity index (χ0) is 8.55. The van der Waals surface area contributed by atoms with Crippen LogP contribution in [0, 0.1) is 0 Å². The standard InChI is InChI=1S/C9H6BrNO/c10-8-2-1-3-9-7(8)4-6(12)5-11-9/h1-5,12H. The van der Waals surface area contributed by atoms with E-state index in [4.69, 9.17) is 0 Å². The number of aromatic hydroxyl groups is 1. The van der Waals surface area contributed by atoms with Gasteiger partial charge in [-0.25, -0.2) is 0 Å². The molecule has 1 aromatic heterocycles. The molecular formula is C9H6BrNO. The Morgan fingerprint density at radius 3 is 3.00 bits per heavy atom. The maximum absolute atomic E-state index is 9.17. The van der Waals surface area contributed by atoms with Gasteiger partial charge in [-0.05, 0) is 18.2 Å². The molecule has 3 heteroatoms. The van der Waals surface area contributed by atoms with E-state index in [1.54, 1.807) is 6.07 Å². The van der Waals surface area contributed by atoms with Gasteiger partial charge >= 0.3 is 0 Å². The van der Waals surface area contributed by atoms with Gasteiger partial charge in [-0.1, -0.05) is 22.0 Å². The van der Waals surface area contributed by atoms with Crippen LogP contribution in [0.1, 0.15) is 0 Å². The van der Waals surface area contributed by atoms with E-state index in [9.17, 15) is 5.11 Å². The first-order chi connectivity index (χ1) is 5.77. The highest BCUT2D eigenvalue weighted by molar-refractivity contribution is 9.10. The van der Waals surface area contributed by atoms with Crippen LogP contribution in [0.5, 0.6) is 5.75 Å². The molecule has 0 aliphatic carbocycles. The molecule has 60 valence electrons. The van der Waals surface area contributed by atoms with Crippen LogP contribution in [0.2, 0.25) is 0 Å². The van der Waals surface area contributed by atoms with Crippen LogP contribution in [0.25, 0.3) is 10.9 Å². The molecular weight excluding hydrogens is 218 g/mol. The summed E-state index contributed by atoms with van der Waals surface area (Å²) in [6, 6.07) is 7.42. The molecule has 0 bridgehead atoms. The number of aromatic nitrogens is 1. The molecule has 2 nitrogen and oxygen atoms in total. The van der Waals surface area contributed by atoms with Gasteiger partial charge in [0.15, 0.2) is 0 Å². The molecule has 1 heterocycles. The normalized spacial score (nSPS) is 10.4. The molecule has 0 saturated carbocycles. The van der Waals surface area contributed by atoms with E-state index in [0.717, 1.165) is 15.4 Å². The molecule has 2 rings (SSSR count). The van der Waals surface area contributed by atoms with Gasteiger partial charge in [-0.15, -0.1) is 0 Å². The molecule has 1 N–H and O–H groups in total. The number of hydrogen-bond acceptors (Lipinski definition) is 2. The van der Waals surface area contributed by atoms with Crippen molar-refractivity contribution < 1.29 is 5.11 Å². The predicted molar refractivity (Wildman–Crippen MR) is 51.1 cm³/mol. The fourth-order valence-electron chi connectivity index (χ4n) is 1.10. The molecule has 0 radical (unpaired) electrons. The summed E-state index contributed by atoms with van der Waals surface area (Å²) in [5, 5.41) is 10.1. The number of nitrogens with zero attached hydrogens (tertiary/aromatic N) is 1. The lowest BCUT2D eigenvalue weighted by Gasteiger charge is -1.99. The Hall–Kier alpha value is -1.09. The lowest BCUT2D eigenvalue weighted by atomic mass is 10.2. The molecule has 0 spiro atoms. The van der Waals surface area contributed by atoms with Crippen LogP contribution in [0.3, 0.4) is 0 Å². The molecule has 0 atom stereocenters. The first-order valence-electron chi connectivity index (χ1n) is 3.50. The Morgan fingerprint density at radius 1 is 1.33 bits per heavy atom. The second kappa shape index (κ2) is 2.75. The van der Waals surface area contributed by atoms with Crippen molar-refractivity contribution in [1.29, 1.82) is 0 Å². The molecule has 0 fully saturated rings. The zero-order valence-electron chi connectivity index (χ0n) is 6.16. The predicted octanol–water partition coefficient (Wildman–Crippen LogP) is 2.70. The smallest absolute Gasteiger partial charge is 0.134 e. The maximum Gasteiger partial charge on any atom is 0.134 e. The molecule has 1 aromatic carbocycles. The van der Waals surface area contributed by atoms with Crippen LogP contribution in [0.4, 0.5) is 0 Å². The Morgan fingerprint density at radius 2 is 2.17 bits per heavy atom. The van der Waals surface area contributed by atoms with Crippen molar-refractivity contribution in [2.45, 2.75) is 0 Å². The molecule has 0 aliphatic rings. The lowest BCUT2D eigenvalue weighted by Crippen LogP contribution is -1.78. The summed E-state index contributed by atoms with van der Waals surface area (Å²) in [7, 11) is 0. The van der Waals surface area contributed by atoms with Crippen molar-refractivity contribution in [1.82, 2.24) is 4.98 Å². The van der Waals surface area contributed by atoms with Crippen molar-refractivity contribution in [3.05, 3.63) is 34.9 Å². The quantitative estimate of drug-likeness (QED) is 0.746. The molecule has 0 unspecified atom stereocenters. The number of fused-ring (bicyclic) bond motifs is 1. The van der Waals surface area contributed by atoms with Gasteiger partial charge in [0.05, 0.1) is 11.7 Å². The molecule has 12 heavy (non-hydrogen) atoms. The van der Waals surface area contributed by atoms with Gasteiger partial charge < -0.3 is 5.11 Å². The van der Waals surface area contributed by atoms with Crippen molar-refractivity contribution in [3.8, 4) is 5.75 Å². The molecule has 0 amide bonds. The minimum atomic E-state index is 0.189. The third-order valence-electron chi connectivity index (χ3n) is 1.66. The van der Waals surface area contributed by atoms with Crippen LogP contribution in [0.15, 0.2) is 34.9 Å². The molecule has 2 aromatic rings. The summed E-state index contributed by atoms with van der Waals surface area (Å²) in [6.45, 7) is 0. The number of hydrogen-bond donors (Lipinski definition) is 1. The minimum absolute atomic E-state index is 0.189. The topological polar surface area (TPSA) is 33.1 Å². The van der Waals surface area contributed by atoms with Crippen LogP contribution in [-0.2, 0) is 0 Å². The third-order valence-corrected chi connectivity index (χ3v) is 2.35. The Labute approximate surface area is 78.0 Å². The molecule has 0 saturated heterocycles. The van der Waals surface area contributed by atoms with E-state index in [1.807, 2.05) is 18.2 Å². The van der Waals surface area contributed by atoms with Gasteiger partial charge in [0.2, 0.25) is 0 Å². The second-order valence-corrected chi connectivity index (χ2v) is 3.35. The largest absolute Gasteiger partial charge is 0.506 e. The van der Waals surface area contributed by atoms with Crippen molar-refractivity contribution in [2.24, 2.45) is 0 Å². The fourth-order valence-corrected chi connectivity index (χ4v) is 1.57. The summed E-state index contributed by atoms with van der Waals surface area (Å²) < 4.78 is 0.948. The maximum atomic E-state index is 9.17. The van der Waals surface area contributed by atoms with Crippen LogP contribution in [-0.4, -0.2) is 10.1 Å². The summed E-state index contributed by atoms with van der Waals surface area (Å²) in [6.07, 6.45) is 1.44. The van der Waals surface area contributed by atoms with Gasteiger partial charge in [0, 0.05) is 9.86 Å². The second-order valence-electron chi connectivity index (χ2n) is 2.50. The third kappa shape index (κ3) is 1.16. The lowest BCUT2D eigenvalue weighted by molar-refractivity contribution is 0.474. The first kappa shape index (κ1) is 7.55. The Bertz CT molecular complexity index is 428. The molecule has 0 aliphatic heterocycles. The highest BCUT2D eigenvalue weighted by Gasteiger charge is 1.98. The highest BCUT2D eigenvalue weighted by Crippen LogP contribution is 2.24. The monoisotopic (exact) mass is 223 g/mol. The van der Waals surface area contributed by atoms with Crippen molar-refractivity contribution in [2.75, 3.05) is 0 Å². The number of rotatable bonds is 0. The van der Waals surface area contributed by atoms with Crippen molar-refractivity contribution >= 4 is 26.8 Å². The van der Waals surface area contributed by atoms with E-state index in [-0.39, 0.29) is 5.75 Å². The summed E-state index contributed by atoms with van der Waals surface area (Å²) >= 11 is 3.38. The number of halogens is 1. The highest BCUT2D eigenvalue weighted by atomic mass is 79.9. The zero-order valence-corrected chi connectivity index (χ0v) is 7.75. The minimum Gasteiger partial charge on any atom is -0.506 e. The fraction of sp³-hybridized carbons (Fsp3) is 0. The summed E-state index contributed by atoms with van der Waals surface area (Å²) in [4.78, 5) is 4.06. The van der Waals surface area contributed by atoms with Gasteiger partial charge in [-0.2, -0.15) is 0 Å². The average Bonchev–Trinajstić information content (AvgIpc) is 2.07. The van der Waals surface area contributed by atoms with Gasteiger partial charge in [-0.3, -0.25) is 4.98 Å². The van der Waals surface area contributed by atoms with E-state index in [1.165, 1.54) is 6.20 Å². The van der Waals surface area contributed by atoms with Crippen LogP contribution >= 0.6 is 15.9 Å². The van der Waals surface area contributed by atoms with Gasteiger partial charge in [0.25, 0.3) is 0 Å². The number of pyridine rings is 1. The Kier molecular flexibility index (Phi) is 1.73. The average molecular weight is 224 g/mol. The van der Waals surface area contributed by atoms with E-state index < -0.39 is 0 Å².